The zero-order valence-corrected chi connectivity index (χ0v) is 18.3. The zero-order valence-electron chi connectivity index (χ0n) is 16.7. The molecule has 0 radical (unpaired) electrons. The first-order chi connectivity index (χ1) is 15.1. The van der Waals surface area contributed by atoms with E-state index in [1.165, 1.54) is 0 Å². The van der Waals surface area contributed by atoms with E-state index in [2.05, 4.69) is 16.7 Å². The number of thioether (sulfide) groups is 1. The molecule has 0 spiro atoms. The zero-order chi connectivity index (χ0) is 23.5. The van der Waals surface area contributed by atoms with Crippen molar-refractivity contribution >= 4 is 40.9 Å². The Morgan fingerprint density at radius 3 is 2.59 bits per heavy atom. The molecule has 0 aliphatic carbocycles. The van der Waals surface area contributed by atoms with Gasteiger partial charge < -0.3 is 10.6 Å². The van der Waals surface area contributed by atoms with Gasteiger partial charge in [0, 0.05) is 12.3 Å². The lowest BCUT2D eigenvalue weighted by atomic mass is 9.87. The van der Waals surface area contributed by atoms with E-state index in [4.69, 9.17) is 11.6 Å². The predicted octanol–water partition coefficient (Wildman–Crippen LogP) is 5.38. The topological polar surface area (TPSA) is 82.0 Å². The molecule has 0 unspecified atom stereocenters. The fourth-order valence-corrected chi connectivity index (χ4v) is 4.18. The highest BCUT2D eigenvalue weighted by molar-refractivity contribution is 8.03. The van der Waals surface area contributed by atoms with Crippen LogP contribution in [0.25, 0.3) is 0 Å². The quantitative estimate of drug-likeness (QED) is 0.603. The lowest BCUT2D eigenvalue weighted by Gasteiger charge is -2.25. The van der Waals surface area contributed by atoms with Gasteiger partial charge in [-0.1, -0.05) is 53.2 Å². The van der Waals surface area contributed by atoms with Crippen molar-refractivity contribution in [3.63, 3.8) is 0 Å². The normalized spacial score (nSPS) is 16.4. The summed E-state index contributed by atoms with van der Waals surface area (Å²) >= 11 is 6.83. The number of allylic oxidation sites excluding steroid dienone is 1. The van der Waals surface area contributed by atoms with Crippen molar-refractivity contribution in [3.05, 3.63) is 74.8 Å². The van der Waals surface area contributed by atoms with Crippen molar-refractivity contribution in [1.82, 2.24) is 5.32 Å². The van der Waals surface area contributed by atoms with Crippen LogP contribution in [0.3, 0.4) is 0 Å². The number of hydrogen-bond donors (Lipinski definition) is 2. The van der Waals surface area contributed by atoms with Gasteiger partial charge in [0.05, 0.1) is 38.7 Å². The summed E-state index contributed by atoms with van der Waals surface area (Å²) in [7, 11) is 0. The monoisotopic (exact) mass is 479 g/mol. The van der Waals surface area contributed by atoms with Gasteiger partial charge in [0.2, 0.25) is 11.8 Å². The molecule has 0 saturated carbocycles. The first-order valence-electron chi connectivity index (χ1n) is 9.38. The minimum Gasteiger partial charge on any atom is -0.324 e. The lowest BCUT2D eigenvalue weighted by molar-refractivity contribution is -0.137. The average Bonchev–Trinajstić information content (AvgIpc) is 2.73. The van der Waals surface area contributed by atoms with E-state index in [-0.39, 0.29) is 33.8 Å². The van der Waals surface area contributed by atoms with Gasteiger partial charge in [0.15, 0.2) is 0 Å². The maximum atomic E-state index is 12.9. The first kappa shape index (κ1) is 23.7. The Morgan fingerprint density at radius 1 is 1.28 bits per heavy atom. The smallest absolute Gasteiger partial charge is 0.324 e. The number of halogens is 4. The maximum absolute atomic E-state index is 12.9. The number of alkyl halides is 3. The van der Waals surface area contributed by atoms with Gasteiger partial charge >= 0.3 is 6.18 Å². The fraction of sp³-hybridized carbons (Fsp3) is 0.227. The second-order valence-corrected chi connectivity index (χ2v) is 8.49. The second-order valence-electron chi connectivity index (χ2n) is 7.10. The third-order valence-electron chi connectivity index (χ3n) is 4.75. The highest BCUT2D eigenvalue weighted by atomic mass is 35.5. The molecule has 2 aromatic rings. The van der Waals surface area contributed by atoms with Crippen LogP contribution >= 0.6 is 23.4 Å². The largest absolute Gasteiger partial charge is 0.416 e. The molecule has 0 saturated heterocycles. The summed E-state index contributed by atoms with van der Waals surface area (Å²) in [6.07, 6.45) is -4.48. The molecule has 5 nitrogen and oxygen atoms in total. The van der Waals surface area contributed by atoms with Crippen molar-refractivity contribution < 1.29 is 22.8 Å². The number of carbonyl (C=O) groups excluding carboxylic acids is 2. The van der Waals surface area contributed by atoms with Crippen molar-refractivity contribution in [1.29, 1.82) is 5.26 Å². The molecule has 3 rings (SSSR count). The van der Waals surface area contributed by atoms with Crippen LogP contribution in [0.4, 0.5) is 18.9 Å². The van der Waals surface area contributed by atoms with Gasteiger partial charge in [-0.15, -0.1) is 0 Å². The van der Waals surface area contributed by atoms with Gasteiger partial charge in [-0.3, -0.25) is 9.59 Å². The molecule has 0 fully saturated rings. The minimum atomic E-state index is -4.58. The van der Waals surface area contributed by atoms with E-state index >= 15 is 0 Å². The van der Waals surface area contributed by atoms with Crippen LogP contribution in [0.15, 0.2) is 53.1 Å². The Hall–Kier alpha value is -2.96. The molecule has 0 aromatic heterocycles. The van der Waals surface area contributed by atoms with Crippen molar-refractivity contribution in [2.75, 3.05) is 11.1 Å². The van der Waals surface area contributed by atoms with Crippen LogP contribution in [0.1, 0.15) is 29.0 Å². The number of benzene rings is 2. The number of nitrogens with zero attached hydrogens (tertiary/aromatic N) is 1. The van der Waals surface area contributed by atoms with Gasteiger partial charge in [-0.25, -0.2) is 0 Å². The van der Waals surface area contributed by atoms with Crippen molar-refractivity contribution in [2.45, 2.75) is 25.4 Å². The van der Waals surface area contributed by atoms with Crippen LogP contribution < -0.4 is 10.6 Å². The van der Waals surface area contributed by atoms with Gasteiger partial charge in [0.25, 0.3) is 0 Å². The lowest BCUT2D eigenvalue weighted by Crippen LogP contribution is -2.31. The minimum absolute atomic E-state index is 0.0429. The number of aryl methyl sites for hydroxylation is 1. The Morgan fingerprint density at radius 2 is 1.97 bits per heavy atom. The number of nitriles is 1. The van der Waals surface area contributed by atoms with Crippen LogP contribution in [0, 0.1) is 18.3 Å². The molecule has 1 aliphatic heterocycles. The van der Waals surface area contributed by atoms with E-state index in [0.717, 1.165) is 41.1 Å². The molecular formula is C22H17ClF3N3O2S. The Kier molecular flexibility index (Phi) is 7.16. The summed E-state index contributed by atoms with van der Waals surface area (Å²) in [5.74, 6) is -1.61. The van der Waals surface area contributed by atoms with Crippen LogP contribution in [0.2, 0.25) is 5.02 Å². The molecular weight excluding hydrogens is 463 g/mol. The van der Waals surface area contributed by atoms with E-state index in [0.29, 0.717) is 5.57 Å². The maximum Gasteiger partial charge on any atom is 0.416 e. The first-order valence-corrected chi connectivity index (χ1v) is 10.7. The molecule has 2 amide bonds. The van der Waals surface area contributed by atoms with Crippen LogP contribution in [0.5, 0.6) is 0 Å². The molecule has 0 bridgehead atoms. The van der Waals surface area contributed by atoms with Crippen LogP contribution in [-0.4, -0.2) is 17.6 Å². The predicted molar refractivity (Wildman–Crippen MR) is 117 cm³/mol. The number of carbonyl (C=O) groups is 2. The summed E-state index contributed by atoms with van der Waals surface area (Å²) in [4.78, 5) is 24.5. The highest BCUT2D eigenvalue weighted by Gasteiger charge is 2.32. The van der Waals surface area contributed by atoms with E-state index in [1.807, 2.05) is 31.2 Å². The summed E-state index contributed by atoms with van der Waals surface area (Å²) in [6.45, 7) is 1.93. The number of rotatable bonds is 5. The Balaban J connectivity index is 1.76. The van der Waals surface area contributed by atoms with Gasteiger partial charge in [-0.05, 0) is 30.7 Å². The summed E-state index contributed by atoms with van der Waals surface area (Å²) in [6, 6.07) is 12.2. The fourth-order valence-electron chi connectivity index (χ4n) is 3.14. The molecule has 1 aliphatic rings. The summed E-state index contributed by atoms with van der Waals surface area (Å²) in [5.41, 5.74) is 1.05. The Labute approximate surface area is 191 Å². The highest BCUT2D eigenvalue weighted by Crippen LogP contribution is 2.37. The number of hydrogen-bond acceptors (Lipinski definition) is 4. The molecule has 10 heteroatoms. The molecule has 1 atom stereocenters. The number of nitrogens with one attached hydrogen (secondary N) is 2. The van der Waals surface area contributed by atoms with Crippen LogP contribution in [-0.2, 0) is 15.8 Å². The van der Waals surface area contributed by atoms with E-state index < -0.39 is 23.6 Å². The van der Waals surface area contributed by atoms with E-state index in [9.17, 15) is 28.0 Å². The van der Waals surface area contributed by atoms with Crippen molar-refractivity contribution in [2.24, 2.45) is 0 Å². The number of amides is 2. The van der Waals surface area contributed by atoms with Crippen molar-refractivity contribution in [3.8, 4) is 6.07 Å². The van der Waals surface area contributed by atoms with Gasteiger partial charge in [-0.2, -0.15) is 18.4 Å². The number of anilines is 1. The molecule has 1 heterocycles. The molecule has 32 heavy (non-hydrogen) atoms. The summed E-state index contributed by atoms with van der Waals surface area (Å²) in [5, 5.41) is 14.8. The average molecular weight is 480 g/mol. The standard InChI is InChI=1S/C22H17ClF3N3O2S/c1-12-2-4-13(5-3-12)15-9-19(30)29-21(16(15)10-27)32-11-20(31)28-18-8-14(22(24,25)26)6-7-17(18)23/h2-8,15H,9,11H2,1H3,(H,28,31)(H,29,30)/t15-/m1/s1. The SMILES string of the molecule is Cc1ccc([C@H]2CC(=O)NC(SCC(=O)Nc3cc(C(F)(F)F)ccc3Cl)=C2C#N)cc1. The Bertz CT molecular complexity index is 1120. The van der Waals surface area contributed by atoms with Gasteiger partial charge in [0.1, 0.15) is 0 Å². The second kappa shape index (κ2) is 9.67. The third kappa shape index (κ3) is 5.64. The third-order valence-corrected chi connectivity index (χ3v) is 6.10. The molecule has 166 valence electrons. The molecule has 2 N–H and O–H groups in total. The summed E-state index contributed by atoms with van der Waals surface area (Å²) < 4.78 is 38.7. The molecule has 2 aromatic carbocycles. The van der Waals surface area contributed by atoms with E-state index in [1.54, 1.807) is 0 Å².